The quantitative estimate of drug-likeness (QED) is 0.538. The van der Waals surface area contributed by atoms with E-state index in [9.17, 15) is 0 Å². The van der Waals surface area contributed by atoms with Crippen molar-refractivity contribution in [1.29, 1.82) is 0 Å². The molecule has 0 bridgehead atoms. The summed E-state index contributed by atoms with van der Waals surface area (Å²) in [5.41, 5.74) is 3.66. The van der Waals surface area contributed by atoms with E-state index in [-0.39, 0.29) is 6.04 Å². The van der Waals surface area contributed by atoms with Crippen LogP contribution in [0.15, 0.2) is 73.4 Å². The van der Waals surface area contributed by atoms with Gasteiger partial charge in [-0.05, 0) is 23.8 Å². The first-order chi connectivity index (χ1) is 11.2. The Balaban J connectivity index is 1.96. The second-order valence-corrected chi connectivity index (χ2v) is 6.11. The van der Waals surface area contributed by atoms with Crippen molar-refractivity contribution in [3.8, 4) is 0 Å². The molecule has 4 aromatic rings. The highest BCUT2D eigenvalue weighted by atomic mass is 35.5. The summed E-state index contributed by atoms with van der Waals surface area (Å²) >= 11 is 6.06. The van der Waals surface area contributed by atoms with E-state index in [1.54, 1.807) is 0 Å². The molecule has 0 N–H and O–H groups in total. The molecule has 0 saturated heterocycles. The zero-order valence-corrected chi connectivity index (χ0v) is 13.5. The van der Waals surface area contributed by atoms with E-state index in [1.165, 1.54) is 22.0 Å². The first-order valence-electron chi connectivity index (χ1n) is 7.51. The van der Waals surface area contributed by atoms with Gasteiger partial charge in [0.15, 0.2) is 0 Å². The van der Waals surface area contributed by atoms with Crippen molar-refractivity contribution in [3.63, 3.8) is 0 Å². The van der Waals surface area contributed by atoms with Crippen molar-refractivity contribution >= 4 is 22.5 Å². The van der Waals surface area contributed by atoms with Crippen molar-refractivity contribution in [2.45, 2.75) is 6.04 Å². The third-order valence-electron chi connectivity index (χ3n) is 4.23. The van der Waals surface area contributed by atoms with Gasteiger partial charge < -0.3 is 9.13 Å². The van der Waals surface area contributed by atoms with Crippen LogP contribution in [0.25, 0.3) is 10.9 Å². The van der Waals surface area contributed by atoms with Crippen molar-refractivity contribution in [2.24, 2.45) is 7.05 Å². The summed E-state index contributed by atoms with van der Waals surface area (Å²) < 4.78 is 4.30. The number of halogens is 1. The van der Waals surface area contributed by atoms with Crippen LogP contribution in [0, 0.1) is 0 Å². The van der Waals surface area contributed by atoms with Crippen LogP contribution in [-0.2, 0) is 7.05 Å². The molecule has 2 aromatic carbocycles. The third kappa shape index (κ3) is 2.43. The monoisotopic (exact) mass is 321 g/mol. The van der Waals surface area contributed by atoms with Crippen LogP contribution in [0.2, 0.25) is 5.02 Å². The van der Waals surface area contributed by atoms with E-state index >= 15 is 0 Å². The first-order valence-corrected chi connectivity index (χ1v) is 7.89. The molecule has 0 radical (unpaired) electrons. The number of para-hydroxylation sites is 1. The molecule has 2 aromatic heterocycles. The maximum atomic E-state index is 6.06. The van der Waals surface area contributed by atoms with Gasteiger partial charge in [-0.1, -0.05) is 41.9 Å². The first kappa shape index (κ1) is 14.1. The molecule has 0 amide bonds. The number of benzene rings is 2. The summed E-state index contributed by atoms with van der Waals surface area (Å²) in [6, 6.07) is 16.6. The van der Waals surface area contributed by atoms with Crippen LogP contribution >= 0.6 is 11.6 Å². The predicted molar refractivity (Wildman–Crippen MR) is 93.8 cm³/mol. The zero-order chi connectivity index (χ0) is 15.8. The van der Waals surface area contributed by atoms with Crippen LogP contribution in [0.5, 0.6) is 0 Å². The normalized spacial score (nSPS) is 12.6. The summed E-state index contributed by atoms with van der Waals surface area (Å²) in [4.78, 5) is 4.23. The van der Waals surface area contributed by atoms with E-state index in [1.807, 2.05) is 30.9 Å². The second-order valence-electron chi connectivity index (χ2n) is 5.68. The molecule has 0 saturated carbocycles. The van der Waals surface area contributed by atoms with Crippen molar-refractivity contribution in [1.82, 2.24) is 14.1 Å². The van der Waals surface area contributed by atoms with Gasteiger partial charge in [0.1, 0.15) is 0 Å². The fourth-order valence-electron chi connectivity index (χ4n) is 3.17. The molecule has 0 aliphatic carbocycles. The fraction of sp³-hybridized carbons (Fsp3) is 0.105. The van der Waals surface area contributed by atoms with E-state index in [2.05, 4.69) is 63.8 Å². The average molecular weight is 322 g/mol. The maximum absolute atomic E-state index is 6.06. The Morgan fingerprint density at radius 2 is 1.83 bits per heavy atom. The number of imidazole rings is 1. The van der Waals surface area contributed by atoms with Gasteiger partial charge in [0.25, 0.3) is 0 Å². The van der Waals surface area contributed by atoms with Crippen molar-refractivity contribution in [3.05, 3.63) is 89.6 Å². The van der Waals surface area contributed by atoms with E-state index in [0.717, 1.165) is 5.02 Å². The summed E-state index contributed by atoms with van der Waals surface area (Å²) in [6.07, 6.45) is 7.88. The smallest absolute Gasteiger partial charge is 0.0954 e. The van der Waals surface area contributed by atoms with Gasteiger partial charge >= 0.3 is 0 Å². The lowest BCUT2D eigenvalue weighted by atomic mass is 9.98. The highest BCUT2D eigenvalue weighted by Crippen LogP contribution is 2.33. The van der Waals surface area contributed by atoms with Gasteiger partial charge in [0, 0.05) is 47.1 Å². The minimum absolute atomic E-state index is 0.0702. The molecule has 0 aliphatic rings. The molecule has 1 unspecified atom stereocenters. The Hall–Kier alpha value is -2.52. The zero-order valence-electron chi connectivity index (χ0n) is 12.7. The molecular formula is C19H16ClN3. The Labute approximate surface area is 139 Å². The SMILES string of the molecule is Cn1cc(C(c2ccc(Cl)cc2)n2ccnc2)c2ccccc21. The van der Waals surface area contributed by atoms with Crippen LogP contribution in [0.4, 0.5) is 0 Å². The van der Waals surface area contributed by atoms with Gasteiger partial charge in [-0.2, -0.15) is 0 Å². The molecule has 23 heavy (non-hydrogen) atoms. The average Bonchev–Trinajstić information content (AvgIpc) is 3.20. The second kappa shape index (κ2) is 5.60. The summed E-state index contributed by atoms with van der Waals surface area (Å²) in [7, 11) is 2.08. The molecule has 4 heteroatoms. The number of fused-ring (bicyclic) bond motifs is 1. The van der Waals surface area contributed by atoms with Gasteiger partial charge in [0.05, 0.1) is 12.4 Å². The van der Waals surface area contributed by atoms with Gasteiger partial charge in [-0.3, -0.25) is 0 Å². The molecule has 2 heterocycles. The molecule has 3 nitrogen and oxygen atoms in total. The van der Waals surface area contributed by atoms with Crippen LogP contribution in [0.1, 0.15) is 17.2 Å². The minimum atomic E-state index is 0.0702. The highest BCUT2D eigenvalue weighted by Gasteiger charge is 2.20. The van der Waals surface area contributed by atoms with Crippen LogP contribution < -0.4 is 0 Å². The van der Waals surface area contributed by atoms with Gasteiger partial charge in [0.2, 0.25) is 0 Å². The highest BCUT2D eigenvalue weighted by molar-refractivity contribution is 6.30. The molecule has 0 fully saturated rings. The molecule has 1 atom stereocenters. The van der Waals surface area contributed by atoms with E-state index < -0.39 is 0 Å². The Morgan fingerprint density at radius 3 is 2.57 bits per heavy atom. The summed E-state index contributed by atoms with van der Waals surface area (Å²) in [6.45, 7) is 0. The van der Waals surface area contributed by atoms with E-state index in [0.29, 0.717) is 0 Å². The van der Waals surface area contributed by atoms with Gasteiger partial charge in [-0.25, -0.2) is 4.98 Å². The fourth-order valence-corrected chi connectivity index (χ4v) is 3.30. The number of nitrogens with zero attached hydrogens (tertiary/aromatic N) is 3. The predicted octanol–water partition coefficient (Wildman–Crippen LogP) is 4.67. The molecule has 114 valence electrons. The summed E-state index contributed by atoms with van der Waals surface area (Å²) in [5.74, 6) is 0. The van der Waals surface area contributed by atoms with E-state index in [4.69, 9.17) is 11.6 Å². The topological polar surface area (TPSA) is 22.8 Å². The Morgan fingerprint density at radius 1 is 1.04 bits per heavy atom. The van der Waals surface area contributed by atoms with Crippen molar-refractivity contribution in [2.75, 3.05) is 0 Å². The number of aromatic nitrogens is 3. The van der Waals surface area contributed by atoms with Crippen molar-refractivity contribution < 1.29 is 0 Å². The minimum Gasteiger partial charge on any atom is -0.350 e. The molecule has 0 spiro atoms. The molecule has 0 aliphatic heterocycles. The lowest BCUT2D eigenvalue weighted by molar-refractivity contribution is 0.678. The lowest BCUT2D eigenvalue weighted by Crippen LogP contribution is -2.10. The number of aryl methyl sites for hydroxylation is 1. The third-order valence-corrected chi connectivity index (χ3v) is 4.48. The number of rotatable bonds is 3. The molecule has 4 rings (SSSR count). The number of hydrogen-bond donors (Lipinski definition) is 0. The van der Waals surface area contributed by atoms with Crippen LogP contribution in [0.3, 0.4) is 0 Å². The summed E-state index contributed by atoms with van der Waals surface area (Å²) in [5, 5.41) is 2.00. The maximum Gasteiger partial charge on any atom is 0.0954 e. The Kier molecular flexibility index (Phi) is 3.43. The largest absolute Gasteiger partial charge is 0.350 e. The number of hydrogen-bond acceptors (Lipinski definition) is 1. The van der Waals surface area contributed by atoms with Gasteiger partial charge in [-0.15, -0.1) is 0 Å². The Bertz CT molecular complexity index is 937. The standard InChI is InChI=1S/C19H16ClN3/c1-22-12-17(16-4-2-3-5-18(16)22)19(23-11-10-21-13-23)14-6-8-15(20)9-7-14/h2-13,19H,1H3. The molecular weight excluding hydrogens is 306 g/mol. The lowest BCUT2D eigenvalue weighted by Gasteiger charge is -2.19. The van der Waals surface area contributed by atoms with Crippen LogP contribution in [-0.4, -0.2) is 14.1 Å².